The molecule has 0 fully saturated rings. The number of sulfone groups is 2. The van der Waals surface area contributed by atoms with Crippen LogP contribution in [0.25, 0.3) is 0 Å². The molecule has 1 N–H and O–H groups in total. The van der Waals surface area contributed by atoms with E-state index in [2.05, 4.69) is 0 Å². The smallest absolute Gasteiger partial charge is 0.249 e. The molecule has 0 bridgehead atoms. The van der Waals surface area contributed by atoms with E-state index < -0.39 is 24.1 Å². The zero-order chi connectivity index (χ0) is 14.8. The first-order chi connectivity index (χ1) is 9.37. The Hall–Kier alpha value is -1.99. The van der Waals surface area contributed by atoms with Crippen LogP contribution in [0.4, 0.5) is 0 Å². The molecule has 0 aliphatic heterocycles. The fraction of sp³-hybridized carbons (Fsp3) is 0. The van der Waals surface area contributed by atoms with Gasteiger partial charge < -0.3 is 0 Å². The van der Waals surface area contributed by atoms with E-state index in [4.69, 9.17) is 5.41 Å². The maximum absolute atomic E-state index is 12.1. The molecular weight excluding hydrogens is 298 g/mol. The second-order valence-corrected chi connectivity index (χ2v) is 7.95. The van der Waals surface area contributed by atoms with E-state index in [1.165, 1.54) is 48.5 Å². The quantitative estimate of drug-likeness (QED) is 0.677. The Bertz CT molecular complexity index is 755. The Balaban J connectivity index is 2.53. The molecule has 2 aromatic carbocycles. The number of benzene rings is 2. The van der Waals surface area contributed by atoms with E-state index in [1.807, 2.05) is 0 Å². The van der Waals surface area contributed by atoms with E-state index in [0.717, 1.165) is 0 Å². The molecule has 0 atom stereocenters. The number of rotatable bonds is 2. The molecular formula is C13H11NO4S2. The Morgan fingerprint density at radius 2 is 0.950 bits per heavy atom. The zero-order valence-electron chi connectivity index (χ0n) is 10.2. The molecule has 2 rings (SSSR count). The lowest BCUT2D eigenvalue weighted by molar-refractivity contribution is 0.602. The summed E-state index contributed by atoms with van der Waals surface area (Å²) >= 11 is 0. The third-order valence-corrected chi connectivity index (χ3v) is 6.67. The van der Waals surface area contributed by atoms with E-state index in [1.54, 1.807) is 12.1 Å². The highest BCUT2D eigenvalue weighted by molar-refractivity contribution is 8.31. The van der Waals surface area contributed by atoms with Crippen LogP contribution in [0.1, 0.15) is 0 Å². The summed E-state index contributed by atoms with van der Waals surface area (Å²) in [6.45, 7) is 0. The molecule has 0 spiro atoms. The lowest BCUT2D eigenvalue weighted by atomic mass is 10.4. The van der Waals surface area contributed by atoms with Gasteiger partial charge >= 0.3 is 0 Å². The summed E-state index contributed by atoms with van der Waals surface area (Å²) in [5, 5.41) is 7.59. The zero-order valence-corrected chi connectivity index (χ0v) is 11.9. The van der Waals surface area contributed by atoms with Crippen LogP contribution in [-0.4, -0.2) is 21.2 Å². The van der Waals surface area contributed by atoms with Gasteiger partial charge in [-0.2, -0.15) is 0 Å². The van der Waals surface area contributed by atoms with Crippen LogP contribution in [0.2, 0.25) is 0 Å². The lowest BCUT2D eigenvalue weighted by Crippen LogP contribution is -2.24. The summed E-state index contributed by atoms with van der Waals surface area (Å²) in [6, 6.07) is 14.1. The summed E-state index contributed by atoms with van der Waals surface area (Å²) in [7, 11) is -8.70. The van der Waals surface area contributed by atoms with E-state index in [9.17, 15) is 16.8 Å². The van der Waals surface area contributed by atoms with Crippen molar-refractivity contribution in [1.82, 2.24) is 0 Å². The van der Waals surface area contributed by atoms with Gasteiger partial charge in [0.1, 0.15) is 0 Å². The highest BCUT2D eigenvalue weighted by Gasteiger charge is 2.33. The number of hydrogen-bond acceptors (Lipinski definition) is 5. The van der Waals surface area contributed by atoms with Gasteiger partial charge in [0, 0.05) is 0 Å². The predicted octanol–water partition coefficient (Wildman–Crippen LogP) is 1.87. The van der Waals surface area contributed by atoms with Gasteiger partial charge in [-0.25, -0.2) is 16.8 Å². The van der Waals surface area contributed by atoms with Crippen molar-refractivity contribution < 1.29 is 16.8 Å². The van der Waals surface area contributed by atoms with Gasteiger partial charge in [0.25, 0.3) is 0 Å². The van der Waals surface area contributed by atoms with Crippen molar-refractivity contribution in [1.29, 1.82) is 5.41 Å². The fourth-order valence-electron chi connectivity index (χ4n) is 1.56. The van der Waals surface area contributed by atoms with Gasteiger partial charge in [-0.3, -0.25) is 5.41 Å². The van der Waals surface area contributed by atoms with Crippen molar-refractivity contribution in [2.45, 2.75) is 9.79 Å². The molecule has 2 aromatic rings. The largest absolute Gasteiger partial charge is 0.279 e. The minimum Gasteiger partial charge on any atom is -0.279 e. The van der Waals surface area contributed by atoms with Gasteiger partial charge in [-0.05, 0) is 24.3 Å². The number of hydrogen-bond donors (Lipinski definition) is 1. The van der Waals surface area contributed by atoms with Crippen molar-refractivity contribution in [3.8, 4) is 0 Å². The molecule has 0 saturated carbocycles. The average molecular weight is 309 g/mol. The van der Waals surface area contributed by atoms with Crippen LogP contribution in [0.3, 0.4) is 0 Å². The van der Waals surface area contributed by atoms with Crippen molar-refractivity contribution in [2.24, 2.45) is 0 Å². The van der Waals surface area contributed by atoms with Gasteiger partial charge in [-0.15, -0.1) is 0 Å². The third kappa shape index (κ3) is 2.50. The minimum absolute atomic E-state index is 0.218. The van der Waals surface area contributed by atoms with Crippen LogP contribution in [0.5, 0.6) is 0 Å². The topological polar surface area (TPSA) is 92.1 Å². The first-order valence-corrected chi connectivity index (χ1v) is 8.52. The van der Waals surface area contributed by atoms with Crippen LogP contribution < -0.4 is 0 Å². The molecule has 0 aliphatic carbocycles. The summed E-state index contributed by atoms with van der Waals surface area (Å²) in [5.74, 6) is 0. The van der Waals surface area contributed by atoms with Crippen LogP contribution in [0.15, 0.2) is 70.5 Å². The average Bonchev–Trinajstić information content (AvgIpc) is 2.48. The van der Waals surface area contributed by atoms with Crippen molar-refractivity contribution >= 4 is 24.1 Å². The standard InChI is InChI=1S/C13H11NO4S2/c14-13(19(15,16)11-7-3-1-4-8-11)20(17,18)12-9-5-2-6-10-12/h1-10,14H. The molecule has 0 radical (unpaired) electrons. The van der Waals surface area contributed by atoms with Gasteiger partial charge in [0.15, 0.2) is 0 Å². The van der Waals surface area contributed by atoms with Gasteiger partial charge in [0.2, 0.25) is 24.1 Å². The molecule has 7 heteroatoms. The first kappa shape index (κ1) is 14.4. The summed E-state index contributed by atoms with van der Waals surface area (Å²) < 4.78 is 47.3. The molecule has 104 valence electrons. The highest BCUT2D eigenvalue weighted by atomic mass is 32.3. The maximum atomic E-state index is 12.1. The van der Waals surface area contributed by atoms with Crippen molar-refractivity contribution in [3.63, 3.8) is 0 Å². The van der Waals surface area contributed by atoms with Crippen molar-refractivity contribution in [3.05, 3.63) is 60.7 Å². The Morgan fingerprint density at radius 1 is 0.650 bits per heavy atom. The Morgan fingerprint density at radius 3 is 1.25 bits per heavy atom. The van der Waals surface area contributed by atoms with E-state index >= 15 is 0 Å². The lowest BCUT2D eigenvalue weighted by Gasteiger charge is -2.07. The van der Waals surface area contributed by atoms with Crippen LogP contribution in [0, 0.1) is 5.41 Å². The Kier molecular flexibility index (Phi) is 3.74. The molecule has 0 unspecified atom stereocenters. The SMILES string of the molecule is N=C(S(=O)(=O)c1ccccc1)S(=O)(=O)c1ccccc1. The van der Waals surface area contributed by atoms with Gasteiger partial charge in [0.05, 0.1) is 9.79 Å². The van der Waals surface area contributed by atoms with Crippen LogP contribution >= 0.6 is 0 Å². The second-order valence-electron chi connectivity index (χ2n) is 3.92. The maximum Gasteiger partial charge on any atom is 0.249 e. The second kappa shape index (κ2) is 5.18. The molecule has 0 amide bonds. The van der Waals surface area contributed by atoms with Crippen molar-refractivity contribution in [2.75, 3.05) is 0 Å². The van der Waals surface area contributed by atoms with Crippen LogP contribution in [-0.2, 0) is 19.7 Å². The Labute approximate surface area is 117 Å². The summed E-state index contributed by atoms with van der Waals surface area (Å²) in [4.78, 5) is -0.436. The molecule has 0 aliphatic rings. The van der Waals surface area contributed by atoms with Gasteiger partial charge in [-0.1, -0.05) is 36.4 Å². The first-order valence-electron chi connectivity index (χ1n) is 5.55. The molecule has 5 nitrogen and oxygen atoms in total. The molecule has 0 heterocycles. The molecule has 0 saturated heterocycles. The third-order valence-electron chi connectivity index (χ3n) is 2.60. The highest BCUT2D eigenvalue weighted by Crippen LogP contribution is 2.19. The summed E-state index contributed by atoms with van der Waals surface area (Å²) in [6.07, 6.45) is 0. The summed E-state index contributed by atoms with van der Waals surface area (Å²) in [5.41, 5.74) is 0. The fourth-order valence-corrected chi connectivity index (χ4v) is 4.75. The minimum atomic E-state index is -4.35. The number of nitrogens with one attached hydrogen (secondary N) is 1. The van der Waals surface area contributed by atoms with E-state index in [0.29, 0.717) is 0 Å². The molecule has 20 heavy (non-hydrogen) atoms. The normalized spacial score (nSPS) is 12.0. The predicted molar refractivity (Wildman–Crippen MR) is 75.0 cm³/mol. The monoisotopic (exact) mass is 309 g/mol. The molecule has 0 aromatic heterocycles. The van der Waals surface area contributed by atoms with E-state index in [-0.39, 0.29) is 9.79 Å².